The van der Waals surface area contributed by atoms with Gasteiger partial charge in [0.1, 0.15) is 0 Å². The van der Waals surface area contributed by atoms with Gasteiger partial charge < -0.3 is 4.74 Å². The maximum atomic E-state index is 5.67. The van der Waals surface area contributed by atoms with Crippen molar-refractivity contribution < 1.29 is 4.74 Å². The van der Waals surface area contributed by atoms with Crippen LogP contribution in [-0.2, 0) is 4.74 Å². The lowest BCUT2D eigenvalue weighted by Crippen LogP contribution is -2.05. The number of hydrogen-bond acceptors (Lipinski definition) is 1. The lowest BCUT2D eigenvalue weighted by molar-refractivity contribution is 0.115. The van der Waals surface area contributed by atoms with Crippen LogP contribution < -0.4 is 0 Å². The van der Waals surface area contributed by atoms with Crippen LogP contribution in [0.5, 0.6) is 0 Å². The van der Waals surface area contributed by atoms with Crippen LogP contribution in [0.2, 0.25) is 0 Å². The Hall–Kier alpha value is -0.300. The Morgan fingerprint density at radius 1 is 1.00 bits per heavy atom. The Morgan fingerprint density at radius 2 is 1.81 bits per heavy atom. The fourth-order valence-corrected chi connectivity index (χ4v) is 2.01. The second kappa shape index (κ2) is 12.8. The van der Waals surface area contributed by atoms with Crippen molar-refractivity contribution in [1.29, 1.82) is 0 Å². The van der Waals surface area contributed by atoms with E-state index in [1.165, 1.54) is 44.9 Å². The molecule has 1 nitrogen and oxygen atoms in total. The van der Waals surface area contributed by atoms with Gasteiger partial charge in [-0.25, -0.2) is 0 Å². The van der Waals surface area contributed by atoms with Crippen molar-refractivity contribution in [2.24, 2.45) is 5.92 Å². The minimum absolute atomic E-state index is 0.790. The molecule has 0 saturated carbocycles. The van der Waals surface area contributed by atoms with Gasteiger partial charge in [0.05, 0.1) is 0 Å². The van der Waals surface area contributed by atoms with Gasteiger partial charge in [0.15, 0.2) is 0 Å². The molecule has 0 aliphatic heterocycles. The average molecular weight is 226 g/mol. The number of hydrogen-bond donors (Lipinski definition) is 0. The van der Waals surface area contributed by atoms with Crippen molar-refractivity contribution in [1.82, 2.24) is 0 Å². The summed E-state index contributed by atoms with van der Waals surface area (Å²) in [5.74, 6) is 0.790. The molecule has 0 aliphatic carbocycles. The van der Waals surface area contributed by atoms with Gasteiger partial charge in [-0.2, -0.15) is 0 Å². The van der Waals surface area contributed by atoms with E-state index in [0.29, 0.717) is 0 Å². The van der Waals surface area contributed by atoms with Gasteiger partial charge in [-0.15, -0.1) is 6.58 Å². The third-order valence-electron chi connectivity index (χ3n) is 3.01. The number of ether oxygens (including phenoxy) is 1. The monoisotopic (exact) mass is 226 g/mol. The molecule has 0 aromatic rings. The first kappa shape index (κ1) is 15.7. The van der Waals surface area contributed by atoms with E-state index in [1.54, 1.807) is 0 Å². The van der Waals surface area contributed by atoms with Crippen molar-refractivity contribution >= 4 is 0 Å². The first-order valence-electron chi connectivity index (χ1n) is 7.03. The summed E-state index contributed by atoms with van der Waals surface area (Å²) in [7, 11) is 0. The molecule has 0 N–H and O–H groups in total. The highest BCUT2D eigenvalue weighted by molar-refractivity contribution is 4.72. The lowest BCUT2D eigenvalue weighted by atomic mass is 9.97. The molecular weight excluding hydrogens is 196 g/mol. The van der Waals surface area contributed by atoms with Crippen LogP contribution in [0.1, 0.15) is 65.2 Å². The predicted octanol–water partition coefficient (Wildman–Crippen LogP) is 4.97. The van der Waals surface area contributed by atoms with E-state index in [0.717, 1.165) is 25.6 Å². The summed E-state index contributed by atoms with van der Waals surface area (Å²) in [5, 5.41) is 0. The van der Waals surface area contributed by atoms with E-state index >= 15 is 0 Å². The highest BCUT2D eigenvalue weighted by Crippen LogP contribution is 2.16. The molecule has 0 spiro atoms. The van der Waals surface area contributed by atoms with Crippen LogP contribution >= 0.6 is 0 Å². The second-order valence-electron chi connectivity index (χ2n) is 4.64. The normalized spacial score (nSPS) is 12.6. The van der Waals surface area contributed by atoms with Crippen LogP contribution in [-0.4, -0.2) is 13.2 Å². The molecule has 0 aliphatic rings. The number of allylic oxidation sites excluding steroid dienone is 1. The Balaban J connectivity index is 3.29. The summed E-state index contributed by atoms with van der Waals surface area (Å²) in [5.41, 5.74) is 0. The van der Waals surface area contributed by atoms with Gasteiger partial charge in [0.25, 0.3) is 0 Å². The summed E-state index contributed by atoms with van der Waals surface area (Å²) in [6.07, 6.45) is 12.2. The predicted molar refractivity (Wildman–Crippen MR) is 72.8 cm³/mol. The lowest BCUT2D eigenvalue weighted by Gasteiger charge is -2.13. The third-order valence-corrected chi connectivity index (χ3v) is 3.01. The SMILES string of the molecule is C=CCC(CCC)CCOCCCCCC. The molecule has 0 saturated heterocycles. The second-order valence-corrected chi connectivity index (χ2v) is 4.64. The maximum Gasteiger partial charge on any atom is 0.0468 e. The van der Waals surface area contributed by atoms with Crippen molar-refractivity contribution in [2.75, 3.05) is 13.2 Å². The largest absolute Gasteiger partial charge is 0.381 e. The zero-order valence-electron chi connectivity index (χ0n) is 11.3. The molecule has 0 amide bonds. The molecule has 96 valence electrons. The van der Waals surface area contributed by atoms with Gasteiger partial charge in [0, 0.05) is 13.2 Å². The number of unbranched alkanes of at least 4 members (excludes halogenated alkanes) is 3. The Kier molecular flexibility index (Phi) is 12.5. The molecule has 1 heteroatoms. The van der Waals surface area contributed by atoms with Crippen molar-refractivity contribution in [3.8, 4) is 0 Å². The van der Waals surface area contributed by atoms with Crippen LogP contribution in [0.25, 0.3) is 0 Å². The highest BCUT2D eigenvalue weighted by atomic mass is 16.5. The van der Waals surface area contributed by atoms with Crippen molar-refractivity contribution in [2.45, 2.75) is 65.2 Å². The molecule has 1 atom stereocenters. The summed E-state index contributed by atoms with van der Waals surface area (Å²) in [6.45, 7) is 10.2. The summed E-state index contributed by atoms with van der Waals surface area (Å²) in [6, 6.07) is 0. The van der Waals surface area contributed by atoms with E-state index in [4.69, 9.17) is 4.74 Å². The Labute approximate surface area is 102 Å². The molecule has 0 aromatic heterocycles. The number of rotatable bonds is 12. The summed E-state index contributed by atoms with van der Waals surface area (Å²) >= 11 is 0. The van der Waals surface area contributed by atoms with E-state index in [2.05, 4.69) is 20.4 Å². The zero-order chi connectivity index (χ0) is 12.1. The molecule has 0 bridgehead atoms. The summed E-state index contributed by atoms with van der Waals surface area (Å²) in [4.78, 5) is 0. The highest BCUT2D eigenvalue weighted by Gasteiger charge is 2.05. The van der Waals surface area contributed by atoms with Crippen molar-refractivity contribution in [3.63, 3.8) is 0 Å². The molecule has 1 unspecified atom stereocenters. The fourth-order valence-electron chi connectivity index (χ4n) is 2.01. The first-order valence-corrected chi connectivity index (χ1v) is 7.03. The topological polar surface area (TPSA) is 9.23 Å². The van der Waals surface area contributed by atoms with Crippen LogP contribution in [0, 0.1) is 5.92 Å². The van der Waals surface area contributed by atoms with Gasteiger partial charge in [-0.3, -0.25) is 0 Å². The van der Waals surface area contributed by atoms with Crippen LogP contribution in [0.15, 0.2) is 12.7 Å². The van der Waals surface area contributed by atoms with Crippen LogP contribution in [0.4, 0.5) is 0 Å². The van der Waals surface area contributed by atoms with Gasteiger partial charge in [-0.1, -0.05) is 52.0 Å². The van der Waals surface area contributed by atoms with Gasteiger partial charge in [-0.05, 0) is 25.2 Å². The molecule has 0 fully saturated rings. The minimum atomic E-state index is 0.790. The Bertz CT molecular complexity index is 142. The van der Waals surface area contributed by atoms with E-state index < -0.39 is 0 Å². The maximum absolute atomic E-state index is 5.67. The van der Waals surface area contributed by atoms with E-state index in [1.807, 2.05) is 6.08 Å². The zero-order valence-corrected chi connectivity index (χ0v) is 11.3. The fraction of sp³-hybridized carbons (Fsp3) is 0.867. The molecule has 0 rings (SSSR count). The average Bonchev–Trinajstić information content (AvgIpc) is 2.28. The first-order chi connectivity index (χ1) is 7.85. The minimum Gasteiger partial charge on any atom is -0.381 e. The standard InChI is InChI=1S/C15H30O/c1-4-7-8-9-13-16-14-12-15(10-5-2)11-6-3/h5,15H,2,4,6-14H2,1,3H3. The van der Waals surface area contributed by atoms with E-state index in [9.17, 15) is 0 Å². The molecule has 16 heavy (non-hydrogen) atoms. The van der Waals surface area contributed by atoms with Gasteiger partial charge >= 0.3 is 0 Å². The quantitative estimate of drug-likeness (QED) is 0.337. The molecule has 0 heterocycles. The van der Waals surface area contributed by atoms with Crippen molar-refractivity contribution in [3.05, 3.63) is 12.7 Å². The van der Waals surface area contributed by atoms with E-state index in [-0.39, 0.29) is 0 Å². The van der Waals surface area contributed by atoms with Crippen LogP contribution in [0.3, 0.4) is 0 Å². The Morgan fingerprint density at radius 3 is 2.44 bits per heavy atom. The molecular formula is C15H30O. The molecule has 0 radical (unpaired) electrons. The van der Waals surface area contributed by atoms with Gasteiger partial charge in [0.2, 0.25) is 0 Å². The third kappa shape index (κ3) is 10.2. The smallest absolute Gasteiger partial charge is 0.0468 e. The molecule has 0 aromatic carbocycles. The summed E-state index contributed by atoms with van der Waals surface area (Å²) < 4.78 is 5.67.